The van der Waals surface area contributed by atoms with Gasteiger partial charge in [0.1, 0.15) is 26.9 Å². The van der Waals surface area contributed by atoms with Crippen LogP contribution in [0.4, 0.5) is 39.8 Å². The number of fused-ring (bicyclic) bond motifs is 2. The third-order valence-electron chi connectivity index (χ3n) is 7.18. The molecule has 0 atom stereocenters. The van der Waals surface area contributed by atoms with E-state index in [2.05, 4.69) is 30.7 Å². The zero-order chi connectivity index (χ0) is 35.8. The van der Waals surface area contributed by atoms with E-state index in [1.807, 2.05) is 0 Å². The molecule has 0 bridgehead atoms. The van der Waals surface area contributed by atoms with E-state index in [0.29, 0.717) is 17.1 Å². The van der Waals surface area contributed by atoms with E-state index < -0.39 is 52.9 Å². The van der Waals surface area contributed by atoms with Crippen LogP contribution in [0.1, 0.15) is 0 Å². The number of hydrogen-bond acceptors (Lipinski definition) is 14. The Kier molecular flexibility index (Phi) is 8.68. The number of azo groups is 3. The van der Waals surface area contributed by atoms with Crippen LogP contribution in [-0.2, 0) is 20.2 Å². The second-order valence-electron chi connectivity index (χ2n) is 10.6. The average Bonchev–Trinajstić information content (AvgIpc) is 3.06. The predicted octanol–water partition coefficient (Wildman–Crippen LogP) is 8.43. The Morgan fingerprint density at radius 2 is 0.840 bits per heavy atom. The van der Waals surface area contributed by atoms with E-state index in [0.717, 1.165) is 12.1 Å². The fraction of sp³-hybridized carbons (Fsp3) is 0. The maximum absolute atomic E-state index is 12.3. The number of nitrogen functional groups attached to an aromatic ring is 1. The summed E-state index contributed by atoms with van der Waals surface area (Å²) in [6.45, 7) is 0. The molecular formula is C32H23N7O9S2. The van der Waals surface area contributed by atoms with Crippen LogP contribution in [0.15, 0.2) is 138 Å². The van der Waals surface area contributed by atoms with Gasteiger partial charge in [-0.2, -0.15) is 37.3 Å². The van der Waals surface area contributed by atoms with Crippen molar-refractivity contribution < 1.29 is 41.3 Å². The lowest BCUT2D eigenvalue weighted by Gasteiger charge is -2.09. The van der Waals surface area contributed by atoms with E-state index in [9.17, 15) is 41.3 Å². The number of nitrogens with two attached hydrogens (primary N) is 1. The first-order valence-electron chi connectivity index (χ1n) is 14.1. The summed E-state index contributed by atoms with van der Waals surface area (Å²) in [5, 5.41) is 55.8. The highest BCUT2D eigenvalue weighted by Crippen LogP contribution is 2.44. The van der Waals surface area contributed by atoms with Gasteiger partial charge in [-0.25, -0.2) is 0 Å². The Labute approximate surface area is 282 Å². The molecule has 0 aromatic heterocycles. The zero-order valence-electron chi connectivity index (χ0n) is 25.2. The molecular weight excluding hydrogens is 691 g/mol. The topological polar surface area (TPSA) is 270 Å². The Morgan fingerprint density at radius 3 is 1.32 bits per heavy atom. The highest BCUT2D eigenvalue weighted by molar-refractivity contribution is 7.86. The Balaban J connectivity index is 1.29. The van der Waals surface area contributed by atoms with Gasteiger partial charge in [-0.05, 0) is 108 Å². The van der Waals surface area contributed by atoms with E-state index in [-0.39, 0.29) is 38.7 Å². The van der Waals surface area contributed by atoms with Gasteiger partial charge in [0.15, 0.2) is 11.5 Å². The minimum atomic E-state index is -4.90. The third kappa shape index (κ3) is 7.08. The van der Waals surface area contributed by atoms with Crippen LogP contribution in [-0.4, -0.2) is 41.3 Å². The van der Waals surface area contributed by atoms with Crippen LogP contribution in [0.2, 0.25) is 0 Å². The fourth-order valence-electron chi connectivity index (χ4n) is 4.79. The summed E-state index contributed by atoms with van der Waals surface area (Å²) in [4.78, 5) is -1.42. The maximum Gasteiger partial charge on any atom is 0.296 e. The van der Waals surface area contributed by atoms with Gasteiger partial charge < -0.3 is 21.1 Å². The van der Waals surface area contributed by atoms with Crippen molar-refractivity contribution >= 4 is 81.6 Å². The lowest BCUT2D eigenvalue weighted by atomic mass is 10.1. The van der Waals surface area contributed by atoms with Crippen LogP contribution in [0.5, 0.6) is 17.2 Å². The Hall–Kier alpha value is -6.34. The van der Waals surface area contributed by atoms with Crippen molar-refractivity contribution in [2.75, 3.05) is 5.73 Å². The van der Waals surface area contributed by atoms with Gasteiger partial charge in [-0.1, -0.05) is 0 Å². The number of rotatable bonds is 8. The summed E-state index contributed by atoms with van der Waals surface area (Å²) < 4.78 is 68.4. The number of benzene rings is 6. The molecule has 0 aliphatic carbocycles. The van der Waals surface area contributed by atoms with Gasteiger partial charge in [0.2, 0.25) is 0 Å². The highest BCUT2D eigenvalue weighted by Gasteiger charge is 2.23. The molecule has 0 aliphatic heterocycles. The molecule has 0 radical (unpaired) electrons. The van der Waals surface area contributed by atoms with E-state index >= 15 is 0 Å². The van der Waals surface area contributed by atoms with Crippen molar-refractivity contribution in [1.29, 1.82) is 0 Å². The second-order valence-corrected chi connectivity index (χ2v) is 13.4. The quantitative estimate of drug-likeness (QED) is 0.0497. The molecule has 0 aliphatic rings. The summed E-state index contributed by atoms with van der Waals surface area (Å²) >= 11 is 0. The number of nitrogens with zero attached hydrogens (tertiary/aromatic N) is 6. The molecule has 16 nitrogen and oxygen atoms in total. The predicted molar refractivity (Wildman–Crippen MR) is 182 cm³/mol. The SMILES string of the molecule is Nc1ccc2c(O)c(N=Nc3ccc(N=Nc4c(S(=O)(=O)O)cc5cc(N=Nc6ccc(O)cc6)ccc5c4O)cc3)c(S(=O)(=O)O)cc2c1. The Bertz CT molecular complexity index is 2630. The third-order valence-corrected chi connectivity index (χ3v) is 8.91. The summed E-state index contributed by atoms with van der Waals surface area (Å²) in [5.74, 6) is -1.08. The summed E-state index contributed by atoms with van der Waals surface area (Å²) in [5.41, 5.74) is 6.06. The van der Waals surface area contributed by atoms with Crippen LogP contribution in [0, 0.1) is 0 Å². The molecule has 252 valence electrons. The molecule has 0 unspecified atom stereocenters. The zero-order valence-corrected chi connectivity index (χ0v) is 26.8. The van der Waals surface area contributed by atoms with E-state index in [4.69, 9.17) is 5.73 Å². The van der Waals surface area contributed by atoms with Gasteiger partial charge in [0, 0.05) is 16.5 Å². The van der Waals surface area contributed by atoms with Crippen molar-refractivity contribution in [1.82, 2.24) is 0 Å². The molecule has 0 amide bonds. The van der Waals surface area contributed by atoms with Gasteiger partial charge in [-0.3, -0.25) is 9.11 Å². The molecule has 6 aromatic rings. The monoisotopic (exact) mass is 713 g/mol. The van der Waals surface area contributed by atoms with E-state index in [1.54, 1.807) is 0 Å². The maximum atomic E-state index is 12.3. The summed E-state index contributed by atoms with van der Waals surface area (Å²) in [6, 6.07) is 22.5. The molecule has 6 rings (SSSR count). The summed E-state index contributed by atoms with van der Waals surface area (Å²) in [6.07, 6.45) is 0. The van der Waals surface area contributed by atoms with Crippen LogP contribution >= 0.6 is 0 Å². The van der Waals surface area contributed by atoms with Gasteiger partial charge >= 0.3 is 0 Å². The minimum Gasteiger partial charge on any atom is -0.508 e. The van der Waals surface area contributed by atoms with Crippen LogP contribution in [0.3, 0.4) is 0 Å². The van der Waals surface area contributed by atoms with Crippen LogP contribution in [0.25, 0.3) is 21.5 Å². The lowest BCUT2D eigenvalue weighted by molar-refractivity contribution is 0.471. The molecule has 0 saturated carbocycles. The molecule has 0 heterocycles. The van der Waals surface area contributed by atoms with Gasteiger partial charge in [0.25, 0.3) is 20.2 Å². The smallest absolute Gasteiger partial charge is 0.296 e. The van der Waals surface area contributed by atoms with Crippen molar-refractivity contribution in [3.05, 3.63) is 97.1 Å². The minimum absolute atomic E-state index is 0.0558. The number of aromatic hydroxyl groups is 3. The molecule has 0 spiro atoms. The van der Waals surface area contributed by atoms with Crippen molar-refractivity contribution in [3.8, 4) is 17.2 Å². The standard InChI is InChI=1S/C32H23N7O9S2/c33-19-1-11-25-17(13-19)15-27(49(43,44)45)29(31(25)41)38-35-20-2-4-21(5-3-20)36-39-30-28(50(46,47)48)16-18-14-23(8-12-26(18)32(30)42)37-34-22-6-9-24(40)10-7-22/h1-16,40-42H,33H2,(H,43,44,45)(H,46,47,48). The average molecular weight is 714 g/mol. The first-order valence-corrected chi connectivity index (χ1v) is 17.0. The van der Waals surface area contributed by atoms with Gasteiger partial charge in [0.05, 0.1) is 22.7 Å². The number of phenols is 3. The first kappa shape index (κ1) is 33.6. The molecule has 7 N–H and O–H groups in total. The number of anilines is 1. The molecule has 0 fully saturated rings. The van der Waals surface area contributed by atoms with Crippen LogP contribution < -0.4 is 5.73 Å². The van der Waals surface area contributed by atoms with Crippen molar-refractivity contribution in [3.63, 3.8) is 0 Å². The van der Waals surface area contributed by atoms with Crippen molar-refractivity contribution in [2.24, 2.45) is 30.7 Å². The fourth-order valence-corrected chi connectivity index (χ4v) is 6.11. The molecule has 50 heavy (non-hydrogen) atoms. The molecule has 0 saturated heterocycles. The normalized spacial score (nSPS) is 12.6. The largest absolute Gasteiger partial charge is 0.508 e. The van der Waals surface area contributed by atoms with Crippen molar-refractivity contribution in [2.45, 2.75) is 9.79 Å². The molecule has 6 aromatic carbocycles. The number of hydrogen-bond donors (Lipinski definition) is 6. The second kappa shape index (κ2) is 12.9. The lowest BCUT2D eigenvalue weighted by Crippen LogP contribution is -1.99. The molecule has 18 heteroatoms. The summed E-state index contributed by atoms with van der Waals surface area (Å²) in [7, 11) is -9.74. The first-order chi connectivity index (χ1) is 23.7. The van der Waals surface area contributed by atoms with Gasteiger partial charge in [-0.15, -0.1) is 10.2 Å². The Morgan fingerprint density at radius 1 is 0.460 bits per heavy atom. The van der Waals surface area contributed by atoms with E-state index in [1.165, 1.54) is 84.9 Å². The number of phenolic OH excluding ortho intramolecular Hbond substituents is 3. The highest BCUT2D eigenvalue weighted by atomic mass is 32.2.